The molecule has 1 aliphatic heterocycles. The van der Waals surface area contributed by atoms with Crippen molar-refractivity contribution in [2.24, 2.45) is 0 Å². The first-order valence-electron chi connectivity index (χ1n) is 7.90. The van der Waals surface area contributed by atoms with E-state index in [1.165, 1.54) is 5.56 Å². The zero-order chi connectivity index (χ0) is 15.1. The van der Waals surface area contributed by atoms with Gasteiger partial charge in [0.25, 0.3) is 0 Å². The predicted octanol–water partition coefficient (Wildman–Crippen LogP) is 2.19. The Morgan fingerprint density at radius 3 is 2.76 bits per heavy atom. The lowest BCUT2D eigenvalue weighted by Gasteiger charge is -2.20. The van der Waals surface area contributed by atoms with Crippen molar-refractivity contribution < 1.29 is 9.53 Å². The summed E-state index contributed by atoms with van der Waals surface area (Å²) < 4.78 is 5.34. The third-order valence-corrected chi connectivity index (χ3v) is 3.95. The molecule has 21 heavy (non-hydrogen) atoms. The number of carbonyl (C=O) groups is 1. The van der Waals surface area contributed by atoms with Gasteiger partial charge >= 0.3 is 0 Å². The summed E-state index contributed by atoms with van der Waals surface area (Å²) in [5.41, 5.74) is 1.29. The minimum atomic E-state index is -0.0488. The average molecular weight is 290 g/mol. The fourth-order valence-electron chi connectivity index (χ4n) is 2.79. The number of ether oxygens (including phenoxy) is 1. The van der Waals surface area contributed by atoms with E-state index in [4.69, 9.17) is 4.74 Å². The highest BCUT2D eigenvalue weighted by Gasteiger charge is 2.35. The van der Waals surface area contributed by atoms with Crippen LogP contribution in [0.1, 0.15) is 32.3 Å². The van der Waals surface area contributed by atoms with Gasteiger partial charge in [-0.25, -0.2) is 0 Å². The molecule has 2 unspecified atom stereocenters. The van der Waals surface area contributed by atoms with Crippen LogP contribution in [-0.4, -0.2) is 42.8 Å². The van der Waals surface area contributed by atoms with Crippen molar-refractivity contribution in [3.05, 3.63) is 35.9 Å². The molecular weight excluding hydrogens is 264 g/mol. The molecular formula is C17H26N2O2. The quantitative estimate of drug-likeness (QED) is 0.746. The summed E-state index contributed by atoms with van der Waals surface area (Å²) in [6.45, 7) is 6.28. The minimum absolute atomic E-state index is 0.0488. The maximum absolute atomic E-state index is 12.4. The van der Waals surface area contributed by atoms with Crippen LogP contribution in [0.2, 0.25) is 0 Å². The van der Waals surface area contributed by atoms with Crippen molar-refractivity contribution in [1.29, 1.82) is 0 Å². The lowest BCUT2D eigenvalue weighted by atomic mass is 10.1. The number of nitrogens with zero attached hydrogens (tertiary/aromatic N) is 1. The molecule has 1 amide bonds. The second-order valence-electron chi connectivity index (χ2n) is 5.50. The Hall–Kier alpha value is -1.39. The van der Waals surface area contributed by atoms with E-state index in [9.17, 15) is 4.79 Å². The van der Waals surface area contributed by atoms with Gasteiger partial charge in [-0.1, -0.05) is 30.3 Å². The molecule has 1 aliphatic rings. The molecule has 1 aromatic carbocycles. The summed E-state index contributed by atoms with van der Waals surface area (Å²) in [5.74, 6) is 0.231. The smallest absolute Gasteiger partial charge is 0.241 e. The molecule has 1 aromatic rings. The van der Waals surface area contributed by atoms with Gasteiger partial charge in [-0.3, -0.25) is 10.1 Å². The third kappa shape index (κ3) is 4.55. The topological polar surface area (TPSA) is 41.6 Å². The number of rotatable bonds is 8. The van der Waals surface area contributed by atoms with Crippen molar-refractivity contribution in [1.82, 2.24) is 10.2 Å². The first kappa shape index (κ1) is 16.0. The van der Waals surface area contributed by atoms with Gasteiger partial charge in [0.1, 0.15) is 0 Å². The SMILES string of the molecule is CCOCCCN1C(=O)C(CCc2ccccc2)NC1C. The number of carbonyl (C=O) groups excluding carboxylic acids is 1. The summed E-state index contributed by atoms with van der Waals surface area (Å²) >= 11 is 0. The zero-order valence-corrected chi connectivity index (χ0v) is 13.0. The number of aryl methyl sites for hydroxylation is 1. The number of nitrogens with one attached hydrogen (secondary N) is 1. The van der Waals surface area contributed by atoms with Gasteiger partial charge in [0, 0.05) is 19.8 Å². The molecule has 0 aliphatic carbocycles. The van der Waals surface area contributed by atoms with Crippen LogP contribution in [0.25, 0.3) is 0 Å². The summed E-state index contributed by atoms with van der Waals surface area (Å²) in [5, 5.41) is 3.40. The highest BCUT2D eigenvalue weighted by atomic mass is 16.5. The number of amides is 1. The monoisotopic (exact) mass is 290 g/mol. The van der Waals surface area contributed by atoms with Crippen LogP contribution in [0.3, 0.4) is 0 Å². The highest BCUT2D eigenvalue weighted by Crippen LogP contribution is 2.15. The van der Waals surface area contributed by atoms with Gasteiger partial charge in [-0.2, -0.15) is 0 Å². The molecule has 1 heterocycles. The summed E-state index contributed by atoms with van der Waals surface area (Å²) in [6, 6.07) is 10.3. The van der Waals surface area contributed by atoms with Crippen LogP contribution in [0, 0.1) is 0 Å². The second kappa shape index (κ2) is 8.15. The van der Waals surface area contributed by atoms with Crippen molar-refractivity contribution in [3.8, 4) is 0 Å². The summed E-state index contributed by atoms with van der Waals surface area (Å²) in [6.07, 6.45) is 2.82. The molecule has 0 spiro atoms. The molecule has 0 bridgehead atoms. The third-order valence-electron chi connectivity index (χ3n) is 3.95. The Morgan fingerprint density at radius 2 is 2.05 bits per heavy atom. The van der Waals surface area contributed by atoms with E-state index < -0.39 is 0 Å². The first-order chi connectivity index (χ1) is 10.2. The van der Waals surface area contributed by atoms with Crippen LogP contribution >= 0.6 is 0 Å². The van der Waals surface area contributed by atoms with E-state index >= 15 is 0 Å². The van der Waals surface area contributed by atoms with Crippen molar-refractivity contribution in [2.75, 3.05) is 19.8 Å². The van der Waals surface area contributed by atoms with Crippen LogP contribution in [0.5, 0.6) is 0 Å². The number of hydrogen-bond donors (Lipinski definition) is 1. The van der Waals surface area contributed by atoms with Gasteiger partial charge in [0.15, 0.2) is 0 Å². The number of benzene rings is 1. The van der Waals surface area contributed by atoms with Crippen LogP contribution < -0.4 is 5.32 Å². The largest absolute Gasteiger partial charge is 0.382 e. The van der Waals surface area contributed by atoms with Gasteiger partial charge in [-0.15, -0.1) is 0 Å². The molecule has 2 rings (SSSR count). The van der Waals surface area contributed by atoms with Gasteiger partial charge < -0.3 is 9.64 Å². The number of hydrogen-bond acceptors (Lipinski definition) is 3. The minimum Gasteiger partial charge on any atom is -0.382 e. The van der Waals surface area contributed by atoms with E-state index in [1.54, 1.807) is 0 Å². The van der Waals surface area contributed by atoms with Crippen LogP contribution in [-0.2, 0) is 16.0 Å². The van der Waals surface area contributed by atoms with Crippen molar-refractivity contribution in [3.63, 3.8) is 0 Å². The Kier molecular flexibility index (Phi) is 6.21. The second-order valence-corrected chi connectivity index (χ2v) is 5.50. The molecule has 4 heteroatoms. The Labute approximate surface area is 127 Å². The van der Waals surface area contributed by atoms with E-state index in [2.05, 4.69) is 24.4 Å². The van der Waals surface area contributed by atoms with Crippen molar-refractivity contribution >= 4 is 5.91 Å². The Bertz CT molecular complexity index is 436. The molecule has 0 radical (unpaired) electrons. The molecule has 0 aromatic heterocycles. The van der Waals surface area contributed by atoms with Gasteiger partial charge in [0.05, 0.1) is 12.2 Å². The van der Waals surface area contributed by atoms with Crippen LogP contribution in [0.4, 0.5) is 0 Å². The average Bonchev–Trinajstić information content (AvgIpc) is 2.77. The maximum atomic E-state index is 12.4. The standard InChI is InChI=1S/C17H26N2O2/c1-3-21-13-7-12-19-14(2)18-16(17(19)20)11-10-15-8-5-4-6-9-15/h4-6,8-9,14,16,18H,3,7,10-13H2,1-2H3. The van der Waals surface area contributed by atoms with E-state index in [0.29, 0.717) is 0 Å². The molecule has 116 valence electrons. The lowest BCUT2D eigenvalue weighted by Crippen LogP contribution is -2.35. The predicted molar refractivity (Wildman–Crippen MR) is 84.0 cm³/mol. The van der Waals surface area contributed by atoms with Crippen LogP contribution in [0.15, 0.2) is 30.3 Å². The normalized spacial score (nSPS) is 22.0. The fourth-order valence-corrected chi connectivity index (χ4v) is 2.79. The highest BCUT2D eigenvalue weighted by molar-refractivity contribution is 5.84. The molecule has 0 saturated carbocycles. The van der Waals surface area contributed by atoms with Crippen molar-refractivity contribution in [2.45, 2.75) is 45.3 Å². The fraction of sp³-hybridized carbons (Fsp3) is 0.588. The molecule has 2 atom stereocenters. The molecule has 1 N–H and O–H groups in total. The van der Waals surface area contributed by atoms with E-state index in [1.807, 2.05) is 30.0 Å². The Morgan fingerprint density at radius 1 is 1.29 bits per heavy atom. The Balaban J connectivity index is 1.79. The summed E-state index contributed by atoms with van der Waals surface area (Å²) in [7, 11) is 0. The first-order valence-corrected chi connectivity index (χ1v) is 7.90. The van der Waals surface area contributed by atoms with Gasteiger partial charge in [-0.05, 0) is 38.7 Å². The van der Waals surface area contributed by atoms with E-state index in [-0.39, 0.29) is 18.1 Å². The van der Waals surface area contributed by atoms with E-state index in [0.717, 1.165) is 39.0 Å². The molecule has 4 nitrogen and oxygen atoms in total. The summed E-state index contributed by atoms with van der Waals surface area (Å²) in [4.78, 5) is 14.4. The molecule has 1 fully saturated rings. The zero-order valence-electron chi connectivity index (χ0n) is 13.0. The lowest BCUT2D eigenvalue weighted by molar-refractivity contribution is -0.130. The maximum Gasteiger partial charge on any atom is 0.241 e. The molecule has 1 saturated heterocycles. The van der Waals surface area contributed by atoms with Gasteiger partial charge in [0.2, 0.25) is 5.91 Å².